The van der Waals surface area contributed by atoms with E-state index in [1.807, 2.05) is 18.2 Å². The minimum atomic E-state index is -3.64. The van der Waals surface area contributed by atoms with Gasteiger partial charge >= 0.3 is 0 Å². The molecule has 0 radical (unpaired) electrons. The number of sulfonamides is 1. The maximum atomic E-state index is 13.2. The van der Waals surface area contributed by atoms with Crippen LogP contribution in [0.5, 0.6) is 0 Å². The zero-order chi connectivity index (χ0) is 19.6. The van der Waals surface area contributed by atoms with E-state index in [9.17, 15) is 13.5 Å². The van der Waals surface area contributed by atoms with Gasteiger partial charge in [0.2, 0.25) is 10.0 Å². The molecular formula is C21H26N2O4S. The van der Waals surface area contributed by atoms with Crippen molar-refractivity contribution >= 4 is 10.0 Å². The van der Waals surface area contributed by atoms with Gasteiger partial charge in [-0.15, -0.1) is 0 Å². The molecule has 0 aromatic heterocycles. The van der Waals surface area contributed by atoms with Crippen LogP contribution in [0, 0.1) is 0 Å². The van der Waals surface area contributed by atoms with E-state index in [2.05, 4.69) is 17.0 Å². The quantitative estimate of drug-likeness (QED) is 0.830. The van der Waals surface area contributed by atoms with Crippen molar-refractivity contribution in [1.82, 2.24) is 9.21 Å². The number of piperidine rings is 1. The van der Waals surface area contributed by atoms with Crippen LogP contribution in [0.3, 0.4) is 0 Å². The fourth-order valence-electron chi connectivity index (χ4n) is 4.12. The van der Waals surface area contributed by atoms with Gasteiger partial charge in [0.25, 0.3) is 0 Å². The third-order valence-electron chi connectivity index (χ3n) is 5.70. The molecule has 4 rings (SSSR count). The summed E-state index contributed by atoms with van der Waals surface area (Å²) in [7, 11) is -3.64. The fraction of sp³-hybridized carbons (Fsp3) is 0.429. The molecule has 150 valence electrons. The summed E-state index contributed by atoms with van der Waals surface area (Å²) < 4.78 is 34.1. The Kier molecular flexibility index (Phi) is 5.53. The second-order valence-corrected chi connectivity index (χ2v) is 9.30. The van der Waals surface area contributed by atoms with Crippen LogP contribution in [-0.4, -0.2) is 54.7 Å². The van der Waals surface area contributed by atoms with E-state index in [4.69, 9.17) is 4.74 Å². The van der Waals surface area contributed by atoms with E-state index in [1.54, 1.807) is 28.6 Å². The molecule has 2 aliphatic heterocycles. The van der Waals surface area contributed by atoms with Gasteiger partial charge in [0.05, 0.1) is 18.1 Å². The van der Waals surface area contributed by atoms with Crippen molar-refractivity contribution in [1.29, 1.82) is 0 Å². The van der Waals surface area contributed by atoms with Gasteiger partial charge < -0.3 is 9.84 Å². The zero-order valence-electron chi connectivity index (χ0n) is 15.8. The Hall–Kier alpha value is -1.77. The number of likely N-dealkylation sites (tertiary alicyclic amines) is 1. The lowest BCUT2D eigenvalue weighted by Gasteiger charge is -2.42. The zero-order valence-corrected chi connectivity index (χ0v) is 16.6. The maximum Gasteiger partial charge on any atom is 0.245 e. The van der Waals surface area contributed by atoms with Crippen molar-refractivity contribution in [3.8, 4) is 0 Å². The predicted octanol–water partition coefficient (Wildman–Crippen LogP) is 2.19. The van der Waals surface area contributed by atoms with Crippen molar-refractivity contribution in [2.45, 2.75) is 36.6 Å². The lowest BCUT2D eigenvalue weighted by molar-refractivity contribution is -0.0917. The molecule has 0 unspecified atom stereocenters. The van der Waals surface area contributed by atoms with Gasteiger partial charge in [-0.1, -0.05) is 42.5 Å². The van der Waals surface area contributed by atoms with Crippen LogP contribution in [0.25, 0.3) is 0 Å². The molecule has 1 spiro atoms. The molecule has 28 heavy (non-hydrogen) atoms. The number of nitrogens with zero attached hydrogens (tertiary/aromatic N) is 2. The molecule has 6 nitrogen and oxygen atoms in total. The fourth-order valence-corrected chi connectivity index (χ4v) is 5.85. The topological polar surface area (TPSA) is 70.1 Å². The van der Waals surface area contributed by atoms with Gasteiger partial charge in [0.1, 0.15) is 5.72 Å². The molecule has 2 aromatic carbocycles. The molecule has 2 aliphatic rings. The number of aliphatic hydroxyl groups is 1. The second-order valence-electron chi connectivity index (χ2n) is 7.44. The highest BCUT2D eigenvalue weighted by molar-refractivity contribution is 7.89. The molecule has 0 bridgehead atoms. The van der Waals surface area contributed by atoms with Crippen LogP contribution in [0.4, 0.5) is 0 Å². The molecule has 2 saturated heterocycles. The Balaban J connectivity index is 1.48. The third-order valence-corrected chi connectivity index (χ3v) is 7.66. The van der Waals surface area contributed by atoms with Crippen LogP contribution in [-0.2, 0) is 27.9 Å². The van der Waals surface area contributed by atoms with Crippen LogP contribution >= 0.6 is 0 Å². The van der Waals surface area contributed by atoms with Crippen molar-refractivity contribution in [2.24, 2.45) is 0 Å². The first-order valence-corrected chi connectivity index (χ1v) is 11.1. The Bertz CT molecular complexity index is 892. The summed E-state index contributed by atoms with van der Waals surface area (Å²) in [4.78, 5) is 2.60. The minimum absolute atomic E-state index is 0.103. The Labute approximate surface area is 166 Å². The van der Waals surface area contributed by atoms with Crippen LogP contribution in [0.1, 0.15) is 24.0 Å². The number of rotatable bonds is 5. The Morgan fingerprint density at radius 1 is 0.929 bits per heavy atom. The van der Waals surface area contributed by atoms with Gasteiger partial charge in [0, 0.05) is 39.0 Å². The smallest absolute Gasteiger partial charge is 0.245 e. The molecular weight excluding hydrogens is 376 g/mol. The third kappa shape index (κ3) is 3.73. The normalized spacial score (nSPS) is 20.6. The second kappa shape index (κ2) is 7.93. The SMILES string of the molecule is O=S(=O)(c1ccc(CO)cc1)N1CCOC12CCN(Cc1ccccc1)CC2. The lowest BCUT2D eigenvalue weighted by atomic mass is 10.00. The monoisotopic (exact) mass is 402 g/mol. The molecule has 2 aromatic rings. The molecule has 0 saturated carbocycles. The highest BCUT2D eigenvalue weighted by atomic mass is 32.2. The summed E-state index contributed by atoms with van der Waals surface area (Å²) in [6.45, 7) is 3.16. The highest BCUT2D eigenvalue weighted by Crippen LogP contribution is 2.38. The Morgan fingerprint density at radius 2 is 1.61 bits per heavy atom. The first-order chi connectivity index (χ1) is 13.5. The molecule has 2 fully saturated rings. The predicted molar refractivity (Wildman–Crippen MR) is 106 cm³/mol. The molecule has 7 heteroatoms. The Morgan fingerprint density at radius 3 is 2.25 bits per heavy atom. The minimum Gasteiger partial charge on any atom is -0.392 e. The van der Waals surface area contributed by atoms with Crippen LogP contribution in [0.15, 0.2) is 59.5 Å². The molecule has 1 N–H and O–H groups in total. The molecule has 2 heterocycles. The van der Waals surface area contributed by atoms with E-state index in [0.717, 1.165) is 19.6 Å². The standard InChI is InChI=1S/C21H26N2O4S/c24-17-19-6-8-20(9-7-19)28(25,26)23-14-15-27-21(23)10-12-22(13-11-21)16-18-4-2-1-3-5-18/h1-9,24H,10-17H2. The number of benzene rings is 2. The van der Waals surface area contributed by atoms with E-state index in [0.29, 0.717) is 31.6 Å². The van der Waals surface area contributed by atoms with E-state index in [-0.39, 0.29) is 11.5 Å². The van der Waals surface area contributed by atoms with E-state index >= 15 is 0 Å². The molecule has 0 amide bonds. The molecule has 0 aliphatic carbocycles. The van der Waals surface area contributed by atoms with Crippen molar-refractivity contribution < 1.29 is 18.3 Å². The van der Waals surface area contributed by atoms with Crippen molar-refractivity contribution in [2.75, 3.05) is 26.2 Å². The average molecular weight is 403 g/mol. The highest BCUT2D eigenvalue weighted by Gasteiger charge is 2.50. The van der Waals surface area contributed by atoms with Gasteiger partial charge in [-0.3, -0.25) is 4.90 Å². The summed E-state index contributed by atoms with van der Waals surface area (Å²) >= 11 is 0. The maximum absolute atomic E-state index is 13.2. The van der Waals surface area contributed by atoms with Crippen molar-refractivity contribution in [3.05, 3.63) is 65.7 Å². The van der Waals surface area contributed by atoms with Gasteiger partial charge in [-0.05, 0) is 23.3 Å². The van der Waals surface area contributed by atoms with Gasteiger partial charge in [0.15, 0.2) is 0 Å². The van der Waals surface area contributed by atoms with Crippen LogP contribution in [0.2, 0.25) is 0 Å². The largest absolute Gasteiger partial charge is 0.392 e. The molecule has 0 atom stereocenters. The van der Waals surface area contributed by atoms with Crippen molar-refractivity contribution in [3.63, 3.8) is 0 Å². The number of hydrogen-bond acceptors (Lipinski definition) is 5. The van der Waals surface area contributed by atoms with Crippen LogP contribution < -0.4 is 0 Å². The first kappa shape index (κ1) is 19.5. The summed E-state index contributed by atoms with van der Waals surface area (Å²) in [5.74, 6) is 0. The summed E-state index contributed by atoms with van der Waals surface area (Å²) in [5, 5.41) is 9.19. The van der Waals surface area contributed by atoms with Gasteiger partial charge in [-0.2, -0.15) is 4.31 Å². The van der Waals surface area contributed by atoms with E-state index < -0.39 is 15.7 Å². The number of aliphatic hydroxyl groups excluding tert-OH is 1. The van der Waals surface area contributed by atoms with E-state index in [1.165, 1.54) is 5.56 Å². The number of hydrogen-bond donors (Lipinski definition) is 1. The first-order valence-electron chi connectivity index (χ1n) is 9.66. The average Bonchev–Trinajstić information content (AvgIpc) is 3.15. The lowest BCUT2D eigenvalue weighted by Crippen LogP contribution is -2.54. The summed E-state index contributed by atoms with van der Waals surface area (Å²) in [5.41, 5.74) is 1.21. The number of ether oxygens (including phenoxy) is 1. The summed E-state index contributed by atoms with van der Waals surface area (Å²) in [6.07, 6.45) is 1.32. The van der Waals surface area contributed by atoms with Gasteiger partial charge in [-0.25, -0.2) is 8.42 Å². The summed E-state index contributed by atoms with van der Waals surface area (Å²) in [6, 6.07) is 16.8.